The lowest BCUT2D eigenvalue weighted by molar-refractivity contribution is -0.387. The summed E-state index contributed by atoms with van der Waals surface area (Å²) >= 11 is 0. The quantitative estimate of drug-likeness (QED) is 0.451. The zero-order valence-electron chi connectivity index (χ0n) is 13.2. The van der Waals surface area contributed by atoms with Crippen LogP contribution in [0, 0.1) is 33.4 Å². The first-order chi connectivity index (χ1) is 12.6. The molecule has 0 aliphatic heterocycles. The number of benzene rings is 2. The van der Waals surface area contributed by atoms with Gasteiger partial charge in [0.25, 0.3) is 5.91 Å². The maximum Gasteiger partial charge on any atom is 0.326 e. The van der Waals surface area contributed by atoms with Crippen LogP contribution in [0.4, 0.5) is 23.2 Å². The molecule has 2 aromatic rings. The van der Waals surface area contributed by atoms with E-state index >= 15 is 0 Å². The molecule has 0 aliphatic rings. The summed E-state index contributed by atoms with van der Waals surface area (Å²) in [4.78, 5) is 33.0. The van der Waals surface area contributed by atoms with E-state index in [1.165, 1.54) is 0 Å². The van der Waals surface area contributed by atoms with E-state index in [-0.39, 0.29) is 17.7 Å². The van der Waals surface area contributed by atoms with E-state index in [4.69, 9.17) is 0 Å². The van der Waals surface area contributed by atoms with Gasteiger partial charge < -0.3 is 10.4 Å². The summed E-state index contributed by atoms with van der Waals surface area (Å²) in [6.45, 7) is 0. The number of hydrogen-bond acceptors (Lipinski definition) is 4. The van der Waals surface area contributed by atoms with Crippen LogP contribution in [-0.2, 0) is 11.2 Å². The van der Waals surface area contributed by atoms with Crippen LogP contribution in [0.2, 0.25) is 0 Å². The number of nitro benzene ring substituents is 1. The second kappa shape index (κ2) is 7.81. The molecule has 2 rings (SSSR count). The first-order valence-corrected chi connectivity index (χ1v) is 7.21. The summed E-state index contributed by atoms with van der Waals surface area (Å²) in [5.41, 5.74) is -2.11. The van der Waals surface area contributed by atoms with Crippen molar-refractivity contribution in [3.05, 3.63) is 74.8 Å². The highest BCUT2D eigenvalue weighted by Gasteiger charge is 2.26. The number of nitrogens with zero attached hydrogens (tertiary/aromatic N) is 1. The van der Waals surface area contributed by atoms with Crippen LogP contribution in [0.5, 0.6) is 0 Å². The molecule has 0 saturated heterocycles. The number of aliphatic carboxylic acids is 1. The number of rotatable bonds is 6. The molecule has 0 heterocycles. The Morgan fingerprint density at radius 1 is 1.07 bits per heavy atom. The fourth-order valence-electron chi connectivity index (χ4n) is 2.25. The van der Waals surface area contributed by atoms with E-state index in [0.717, 1.165) is 18.2 Å². The molecular weight excluding hydrogens is 376 g/mol. The molecular formula is C16H10F4N2O5. The minimum absolute atomic E-state index is 0.0177. The number of nitrogens with one attached hydrogen (secondary N) is 1. The summed E-state index contributed by atoms with van der Waals surface area (Å²) in [6, 6.07) is 1.33. The van der Waals surface area contributed by atoms with Crippen molar-refractivity contribution in [2.45, 2.75) is 12.5 Å². The van der Waals surface area contributed by atoms with Crippen molar-refractivity contribution in [1.29, 1.82) is 0 Å². The van der Waals surface area contributed by atoms with E-state index in [9.17, 15) is 42.4 Å². The fourth-order valence-corrected chi connectivity index (χ4v) is 2.25. The molecule has 11 heteroatoms. The predicted molar refractivity (Wildman–Crippen MR) is 82.0 cm³/mol. The Morgan fingerprint density at radius 2 is 1.67 bits per heavy atom. The van der Waals surface area contributed by atoms with Crippen molar-refractivity contribution in [2.75, 3.05) is 0 Å². The minimum Gasteiger partial charge on any atom is -0.480 e. The molecule has 0 unspecified atom stereocenters. The summed E-state index contributed by atoms with van der Waals surface area (Å²) < 4.78 is 53.5. The molecule has 0 spiro atoms. The molecule has 0 bridgehead atoms. The Bertz CT molecular complexity index is 912. The minimum atomic E-state index is -1.74. The van der Waals surface area contributed by atoms with E-state index < -0.39 is 63.8 Å². The highest BCUT2D eigenvalue weighted by molar-refractivity contribution is 5.97. The van der Waals surface area contributed by atoms with Crippen molar-refractivity contribution < 1.29 is 37.2 Å². The molecule has 1 amide bonds. The van der Waals surface area contributed by atoms with Gasteiger partial charge in [-0.15, -0.1) is 0 Å². The van der Waals surface area contributed by atoms with Gasteiger partial charge in [0.1, 0.15) is 29.1 Å². The van der Waals surface area contributed by atoms with Gasteiger partial charge in [0.15, 0.2) is 0 Å². The van der Waals surface area contributed by atoms with E-state index in [0.29, 0.717) is 0 Å². The topological polar surface area (TPSA) is 110 Å². The molecule has 2 N–H and O–H groups in total. The molecule has 1 atom stereocenters. The molecule has 0 aliphatic carbocycles. The van der Waals surface area contributed by atoms with Gasteiger partial charge in [-0.05, 0) is 11.6 Å². The van der Waals surface area contributed by atoms with Gasteiger partial charge in [-0.2, -0.15) is 4.39 Å². The number of carbonyl (C=O) groups excluding carboxylic acids is 1. The molecule has 0 saturated carbocycles. The molecule has 142 valence electrons. The third kappa shape index (κ3) is 4.57. The Labute approximate surface area is 148 Å². The number of carboxylic acid groups (broad SMARTS) is 1. The van der Waals surface area contributed by atoms with Gasteiger partial charge in [0, 0.05) is 24.6 Å². The van der Waals surface area contributed by atoms with Crippen LogP contribution < -0.4 is 5.32 Å². The summed E-state index contributed by atoms with van der Waals surface area (Å²) in [5, 5.41) is 21.7. The first-order valence-electron chi connectivity index (χ1n) is 7.21. The lowest BCUT2D eigenvalue weighted by Gasteiger charge is -2.15. The van der Waals surface area contributed by atoms with Gasteiger partial charge in [-0.1, -0.05) is 6.07 Å². The number of nitro groups is 1. The summed E-state index contributed by atoms with van der Waals surface area (Å²) in [5.74, 6) is -8.56. The van der Waals surface area contributed by atoms with Gasteiger partial charge in [-0.25, -0.2) is 18.0 Å². The zero-order chi connectivity index (χ0) is 20.3. The third-order valence-corrected chi connectivity index (χ3v) is 3.48. The van der Waals surface area contributed by atoms with Crippen LogP contribution in [0.3, 0.4) is 0 Å². The van der Waals surface area contributed by atoms with Crippen LogP contribution in [0.1, 0.15) is 15.9 Å². The van der Waals surface area contributed by atoms with E-state index in [1.54, 1.807) is 0 Å². The summed E-state index contributed by atoms with van der Waals surface area (Å²) in [7, 11) is 0. The molecule has 7 nitrogen and oxygen atoms in total. The lowest BCUT2D eigenvalue weighted by atomic mass is 10.0. The second-order valence-electron chi connectivity index (χ2n) is 5.36. The Hall–Kier alpha value is -3.50. The van der Waals surface area contributed by atoms with Crippen LogP contribution >= 0.6 is 0 Å². The third-order valence-electron chi connectivity index (χ3n) is 3.48. The molecule has 27 heavy (non-hydrogen) atoms. The maximum atomic E-state index is 13.6. The first kappa shape index (κ1) is 19.8. The monoisotopic (exact) mass is 386 g/mol. The van der Waals surface area contributed by atoms with Crippen molar-refractivity contribution in [1.82, 2.24) is 5.32 Å². The lowest BCUT2D eigenvalue weighted by Crippen LogP contribution is -2.43. The van der Waals surface area contributed by atoms with Gasteiger partial charge in [0.05, 0.1) is 4.92 Å². The van der Waals surface area contributed by atoms with Gasteiger partial charge in [-0.3, -0.25) is 14.9 Å². The zero-order valence-corrected chi connectivity index (χ0v) is 13.2. The Balaban J connectivity index is 2.27. The highest BCUT2D eigenvalue weighted by atomic mass is 19.1. The summed E-state index contributed by atoms with van der Waals surface area (Å²) in [6.07, 6.45) is -0.535. The van der Waals surface area contributed by atoms with Crippen LogP contribution in [0.25, 0.3) is 0 Å². The number of carbonyl (C=O) groups is 2. The molecule has 0 radical (unpaired) electrons. The van der Waals surface area contributed by atoms with Gasteiger partial charge >= 0.3 is 11.7 Å². The van der Waals surface area contributed by atoms with E-state index in [2.05, 4.69) is 0 Å². The second-order valence-corrected chi connectivity index (χ2v) is 5.36. The van der Waals surface area contributed by atoms with Crippen molar-refractivity contribution in [3.8, 4) is 0 Å². The number of carboxylic acids is 1. The largest absolute Gasteiger partial charge is 0.480 e. The predicted octanol–water partition coefficient (Wildman–Crippen LogP) is 2.58. The Morgan fingerprint density at radius 3 is 2.19 bits per heavy atom. The van der Waals surface area contributed by atoms with Crippen LogP contribution in [0.15, 0.2) is 30.3 Å². The number of halogens is 4. The SMILES string of the molecule is O=C(N[C@H](Cc1ccc(F)c([N+](=O)[O-])c1)C(=O)O)c1c(F)cc(F)cc1F. The Kier molecular flexibility index (Phi) is 5.73. The average Bonchev–Trinajstić information content (AvgIpc) is 2.54. The average molecular weight is 386 g/mol. The molecule has 2 aromatic carbocycles. The van der Waals surface area contributed by atoms with Crippen molar-refractivity contribution in [2.24, 2.45) is 0 Å². The maximum absolute atomic E-state index is 13.6. The standard InChI is InChI=1S/C16H10F4N2O5/c17-8-5-10(19)14(11(20)6-8)15(23)21-12(16(24)25)3-7-1-2-9(18)13(4-7)22(26)27/h1-2,4-6,12H,3H2,(H,21,23)(H,24,25)/t12-/m1/s1. The normalized spacial score (nSPS) is 11.7. The van der Waals surface area contributed by atoms with E-state index in [1.807, 2.05) is 5.32 Å². The van der Waals surface area contributed by atoms with Crippen molar-refractivity contribution in [3.63, 3.8) is 0 Å². The van der Waals surface area contributed by atoms with Crippen LogP contribution in [-0.4, -0.2) is 27.9 Å². The number of amides is 1. The smallest absolute Gasteiger partial charge is 0.326 e. The highest BCUT2D eigenvalue weighted by Crippen LogP contribution is 2.20. The van der Waals surface area contributed by atoms with Gasteiger partial charge in [0.2, 0.25) is 5.82 Å². The number of hydrogen-bond donors (Lipinski definition) is 2. The molecule has 0 fully saturated rings. The molecule has 0 aromatic heterocycles. The van der Waals surface area contributed by atoms with Crippen molar-refractivity contribution >= 4 is 17.6 Å². The fraction of sp³-hybridized carbons (Fsp3) is 0.125.